The maximum absolute atomic E-state index is 15.1. The third-order valence-electron chi connectivity index (χ3n) is 6.57. The van der Waals surface area contributed by atoms with Crippen LogP contribution in [0.4, 0.5) is 4.39 Å². The van der Waals surface area contributed by atoms with E-state index in [0.717, 1.165) is 28.7 Å². The standard InChI is InChI=1S/C29H27FN2O5/c1-15-10-17-11-21(28(31)34)22(30)12-20(17)26(19(15)13-24(33)37-14-29(2,3)35)18-4-5-23-25-16(7-9-36-23)6-8-32-27(18)25/h4-6,8,10-12,35H,7,9,13-14H2,1-3H3,(H2,31,34). The average molecular weight is 503 g/mol. The fraction of sp³-hybridized carbons (Fsp3) is 0.276. The lowest BCUT2D eigenvalue weighted by atomic mass is 9.86. The van der Waals surface area contributed by atoms with Crippen molar-refractivity contribution in [3.63, 3.8) is 0 Å². The summed E-state index contributed by atoms with van der Waals surface area (Å²) in [6.07, 6.45) is 2.36. The summed E-state index contributed by atoms with van der Waals surface area (Å²) < 4.78 is 26.3. The van der Waals surface area contributed by atoms with Crippen LogP contribution in [0.15, 0.2) is 42.6 Å². The molecule has 0 aliphatic carbocycles. The summed E-state index contributed by atoms with van der Waals surface area (Å²) in [5, 5.41) is 12.0. The molecule has 190 valence electrons. The number of aliphatic hydroxyl groups is 1. The SMILES string of the molecule is Cc1cc2cc(C(N)=O)c(F)cc2c(-c2ccc3c4c(ccnc24)CCO3)c1CC(=O)OCC(C)(C)O. The van der Waals surface area contributed by atoms with E-state index in [1.165, 1.54) is 12.1 Å². The van der Waals surface area contributed by atoms with Gasteiger partial charge in [0.15, 0.2) is 0 Å². The molecule has 0 atom stereocenters. The first-order valence-electron chi connectivity index (χ1n) is 12.0. The summed E-state index contributed by atoms with van der Waals surface area (Å²) in [7, 11) is 0. The van der Waals surface area contributed by atoms with E-state index in [0.29, 0.717) is 39.6 Å². The van der Waals surface area contributed by atoms with Crippen molar-refractivity contribution in [2.24, 2.45) is 5.73 Å². The van der Waals surface area contributed by atoms with Gasteiger partial charge < -0.3 is 20.3 Å². The molecule has 3 aromatic carbocycles. The highest BCUT2D eigenvalue weighted by molar-refractivity contribution is 6.10. The Hall–Kier alpha value is -4.04. The van der Waals surface area contributed by atoms with Gasteiger partial charge in [-0.3, -0.25) is 14.6 Å². The highest BCUT2D eigenvalue weighted by Gasteiger charge is 2.24. The Morgan fingerprint density at radius 3 is 2.73 bits per heavy atom. The number of aryl methyl sites for hydroxylation is 1. The van der Waals surface area contributed by atoms with Gasteiger partial charge >= 0.3 is 5.97 Å². The Morgan fingerprint density at radius 2 is 2.00 bits per heavy atom. The maximum atomic E-state index is 15.1. The second-order valence-corrected chi connectivity index (χ2v) is 10.0. The second kappa shape index (κ2) is 9.12. The van der Waals surface area contributed by atoms with E-state index in [1.807, 2.05) is 25.1 Å². The number of rotatable bonds is 6. The lowest BCUT2D eigenvalue weighted by molar-refractivity contribution is -0.149. The van der Waals surface area contributed by atoms with Crippen molar-refractivity contribution in [1.29, 1.82) is 0 Å². The van der Waals surface area contributed by atoms with E-state index in [-0.39, 0.29) is 18.6 Å². The maximum Gasteiger partial charge on any atom is 0.310 e. The van der Waals surface area contributed by atoms with Crippen molar-refractivity contribution >= 4 is 33.6 Å². The predicted molar refractivity (Wildman–Crippen MR) is 138 cm³/mol. The molecule has 0 radical (unpaired) electrons. The zero-order valence-corrected chi connectivity index (χ0v) is 20.9. The van der Waals surface area contributed by atoms with Gasteiger partial charge in [-0.15, -0.1) is 0 Å². The number of halogens is 1. The van der Waals surface area contributed by atoms with Crippen LogP contribution < -0.4 is 10.5 Å². The second-order valence-electron chi connectivity index (χ2n) is 10.0. The minimum atomic E-state index is -1.18. The van der Waals surface area contributed by atoms with E-state index in [1.54, 1.807) is 26.1 Å². The number of pyridine rings is 1. The topological polar surface area (TPSA) is 112 Å². The molecule has 1 aliphatic heterocycles. The van der Waals surface area contributed by atoms with Crippen LogP contribution in [0.2, 0.25) is 0 Å². The molecule has 0 bridgehead atoms. The van der Waals surface area contributed by atoms with Crippen molar-refractivity contribution in [2.75, 3.05) is 13.2 Å². The van der Waals surface area contributed by atoms with Gasteiger partial charge in [0.25, 0.3) is 5.91 Å². The molecular weight excluding hydrogens is 475 g/mol. The number of ether oxygens (including phenoxy) is 2. The Balaban J connectivity index is 1.79. The normalized spacial score (nSPS) is 13.0. The van der Waals surface area contributed by atoms with E-state index in [4.69, 9.17) is 15.2 Å². The number of primary amides is 1. The largest absolute Gasteiger partial charge is 0.493 e. The number of carbonyl (C=O) groups excluding carboxylic acids is 2. The first kappa shape index (κ1) is 24.6. The molecule has 37 heavy (non-hydrogen) atoms. The van der Waals surface area contributed by atoms with Crippen LogP contribution >= 0.6 is 0 Å². The molecule has 1 amide bonds. The van der Waals surface area contributed by atoms with Crippen LogP contribution in [0.5, 0.6) is 5.75 Å². The molecule has 1 aliphatic rings. The van der Waals surface area contributed by atoms with Gasteiger partial charge in [0.2, 0.25) is 0 Å². The van der Waals surface area contributed by atoms with Crippen LogP contribution in [0.25, 0.3) is 32.8 Å². The third kappa shape index (κ3) is 4.60. The smallest absolute Gasteiger partial charge is 0.310 e. The number of benzene rings is 3. The molecule has 0 spiro atoms. The first-order chi connectivity index (χ1) is 17.5. The first-order valence-corrected chi connectivity index (χ1v) is 12.0. The minimum Gasteiger partial charge on any atom is -0.493 e. The number of aromatic nitrogens is 1. The molecule has 1 aromatic heterocycles. The highest BCUT2D eigenvalue weighted by atomic mass is 19.1. The molecule has 2 heterocycles. The Kier molecular flexibility index (Phi) is 6.07. The van der Waals surface area contributed by atoms with Crippen molar-refractivity contribution in [1.82, 2.24) is 4.98 Å². The van der Waals surface area contributed by atoms with Crippen LogP contribution in [-0.4, -0.2) is 40.8 Å². The fourth-order valence-corrected chi connectivity index (χ4v) is 4.89. The molecule has 0 fully saturated rings. The molecular formula is C29H27FN2O5. The van der Waals surface area contributed by atoms with Crippen LogP contribution in [0.1, 0.15) is 40.9 Å². The highest BCUT2D eigenvalue weighted by Crippen LogP contribution is 2.42. The van der Waals surface area contributed by atoms with E-state index in [9.17, 15) is 14.7 Å². The number of nitrogens with two attached hydrogens (primary N) is 1. The summed E-state index contributed by atoms with van der Waals surface area (Å²) >= 11 is 0. The summed E-state index contributed by atoms with van der Waals surface area (Å²) in [6.45, 7) is 5.35. The van der Waals surface area contributed by atoms with Gasteiger partial charge in [-0.1, -0.05) is 6.07 Å². The number of hydrogen-bond acceptors (Lipinski definition) is 6. The van der Waals surface area contributed by atoms with E-state index in [2.05, 4.69) is 4.98 Å². The van der Waals surface area contributed by atoms with Crippen molar-refractivity contribution < 1.29 is 28.6 Å². The number of esters is 1. The number of fused-ring (bicyclic) bond motifs is 1. The average Bonchev–Trinajstić information content (AvgIpc) is 2.84. The van der Waals surface area contributed by atoms with Crippen molar-refractivity contribution in [2.45, 2.75) is 39.2 Å². The minimum absolute atomic E-state index is 0.105. The Bertz CT molecular complexity index is 1580. The third-order valence-corrected chi connectivity index (χ3v) is 6.57. The van der Waals surface area contributed by atoms with E-state index < -0.39 is 23.3 Å². The lowest BCUT2D eigenvalue weighted by Crippen LogP contribution is -2.28. The predicted octanol–water partition coefficient (Wildman–Crippen LogP) is 4.39. The zero-order chi connectivity index (χ0) is 26.5. The molecule has 8 heteroatoms. The van der Waals surface area contributed by atoms with E-state index >= 15 is 4.39 Å². The number of amides is 1. The fourth-order valence-electron chi connectivity index (χ4n) is 4.89. The van der Waals surface area contributed by atoms with Gasteiger partial charge in [-0.05, 0) is 84.1 Å². The molecule has 5 rings (SSSR count). The number of nitrogens with zero attached hydrogens (tertiary/aromatic N) is 1. The molecule has 0 unspecified atom stereocenters. The Labute approximate surface area is 213 Å². The van der Waals surface area contributed by atoms with Gasteiger partial charge in [0.05, 0.1) is 29.7 Å². The molecule has 0 saturated carbocycles. The molecule has 7 nitrogen and oxygen atoms in total. The van der Waals surface area contributed by atoms with Crippen LogP contribution in [0.3, 0.4) is 0 Å². The summed E-state index contributed by atoms with van der Waals surface area (Å²) in [4.78, 5) is 29.4. The lowest BCUT2D eigenvalue weighted by Gasteiger charge is -2.22. The molecule has 4 aromatic rings. The summed E-state index contributed by atoms with van der Waals surface area (Å²) in [6, 6.07) is 10.2. The monoisotopic (exact) mass is 502 g/mol. The van der Waals surface area contributed by atoms with Gasteiger partial charge in [-0.25, -0.2) is 4.39 Å². The van der Waals surface area contributed by atoms with Gasteiger partial charge in [0.1, 0.15) is 18.2 Å². The quantitative estimate of drug-likeness (QED) is 0.378. The Morgan fingerprint density at radius 1 is 1.22 bits per heavy atom. The van der Waals surface area contributed by atoms with Crippen LogP contribution in [-0.2, 0) is 22.4 Å². The van der Waals surface area contributed by atoms with Crippen LogP contribution in [0, 0.1) is 12.7 Å². The number of hydrogen-bond donors (Lipinski definition) is 2. The van der Waals surface area contributed by atoms with Gasteiger partial charge in [-0.2, -0.15) is 0 Å². The molecule has 0 saturated heterocycles. The number of carbonyl (C=O) groups is 2. The zero-order valence-electron chi connectivity index (χ0n) is 20.9. The molecule has 3 N–H and O–H groups in total. The van der Waals surface area contributed by atoms with Crippen molar-refractivity contribution in [3.05, 3.63) is 70.7 Å². The summed E-state index contributed by atoms with van der Waals surface area (Å²) in [5.41, 5.74) is 8.50. The van der Waals surface area contributed by atoms with Crippen molar-refractivity contribution in [3.8, 4) is 16.9 Å². The van der Waals surface area contributed by atoms with Gasteiger partial charge in [0, 0.05) is 23.6 Å². The summed E-state index contributed by atoms with van der Waals surface area (Å²) in [5.74, 6) is -1.42.